The first-order chi connectivity index (χ1) is 9.85. The number of hydrogen-bond acceptors (Lipinski definition) is 5. The summed E-state index contributed by atoms with van der Waals surface area (Å²) in [4.78, 5) is 11.5. The number of carbonyl (C=O) groups excluding carboxylic acids is 1. The summed E-state index contributed by atoms with van der Waals surface area (Å²) in [7, 11) is 1.59. The van der Waals surface area contributed by atoms with E-state index in [0.29, 0.717) is 24.7 Å². The quantitative estimate of drug-likeness (QED) is 0.790. The minimum atomic E-state index is -0.520. The molecular formula is C15H24N2O4. The number of methoxy groups -OCH3 is 1. The molecule has 0 heterocycles. The number of carbonyl (C=O) groups is 1. The summed E-state index contributed by atoms with van der Waals surface area (Å²) in [5.74, 6) is 1.36. The molecule has 6 heteroatoms. The molecule has 0 bridgehead atoms. The topological polar surface area (TPSA) is 68.8 Å². The van der Waals surface area contributed by atoms with Gasteiger partial charge in [0.25, 0.3) is 0 Å². The summed E-state index contributed by atoms with van der Waals surface area (Å²) in [6, 6.07) is 5.60. The molecule has 0 spiro atoms. The van der Waals surface area contributed by atoms with Crippen LogP contribution in [-0.4, -0.2) is 25.4 Å². The van der Waals surface area contributed by atoms with Crippen molar-refractivity contribution in [1.29, 1.82) is 0 Å². The van der Waals surface area contributed by atoms with Gasteiger partial charge in [-0.2, -0.15) is 0 Å². The van der Waals surface area contributed by atoms with Crippen LogP contribution in [0.1, 0.15) is 33.3 Å². The molecule has 1 rings (SSSR count). The van der Waals surface area contributed by atoms with Gasteiger partial charge in [0.05, 0.1) is 13.7 Å². The van der Waals surface area contributed by atoms with Crippen molar-refractivity contribution in [2.24, 2.45) is 0 Å². The van der Waals surface area contributed by atoms with E-state index in [2.05, 4.69) is 10.9 Å². The first-order valence-electron chi connectivity index (χ1n) is 6.87. The van der Waals surface area contributed by atoms with Crippen molar-refractivity contribution in [2.75, 3.05) is 13.7 Å². The molecule has 0 saturated heterocycles. The second-order valence-corrected chi connectivity index (χ2v) is 5.40. The standard InChI is InChI=1S/C15H24N2O4/c1-6-20-12-8-7-11(9-13(12)19-5)10-16-17-14(18)21-15(2,3)4/h7-9,16H,6,10H2,1-5H3,(H,17,18). The first-order valence-corrected chi connectivity index (χ1v) is 6.87. The lowest BCUT2D eigenvalue weighted by molar-refractivity contribution is 0.0497. The van der Waals surface area contributed by atoms with Gasteiger partial charge in [0.15, 0.2) is 11.5 Å². The normalized spacial score (nSPS) is 10.9. The third kappa shape index (κ3) is 6.35. The fourth-order valence-electron chi connectivity index (χ4n) is 1.62. The zero-order valence-corrected chi connectivity index (χ0v) is 13.3. The smallest absolute Gasteiger partial charge is 0.422 e. The van der Waals surface area contributed by atoms with Gasteiger partial charge in [-0.05, 0) is 45.4 Å². The molecule has 2 N–H and O–H groups in total. The molecule has 0 aliphatic rings. The number of ether oxygens (including phenoxy) is 3. The summed E-state index contributed by atoms with van der Waals surface area (Å²) in [5.41, 5.74) is 5.72. The van der Waals surface area contributed by atoms with Crippen LogP contribution in [0.15, 0.2) is 18.2 Å². The van der Waals surface area contributed by atoms with Crippen LogP contribution in [0.3, 0.4) is 0 Å². The Kier molecular flexibility index (Phi) is 6.30. The van der Waals surface area contributed by atoms with Gasteiger partial charge in [-0.25, -0.2) is 10.2 Å². The first kappa shape index (κ1) is 17.1. The highest BCUT2D eigenvalue weighted by Crippen LogP contribution is 2.27. The molecule has 0 aliphatic heterocycles. The summed E-state index contributed by atoms with van der Waals surface area (Å²) in [5, 5.41) is 0. The molecule has 0 saturated carbocycles. The van der Waals surface area contributed by atoms with Crippen molar-refractivity contribution in [3.05, 3.63) is 23.8 Å². The lowest BCUT2D eigenvalue weighted by Crippen LogP contribution is -2.40. The molecule has 0 radical (unpaired) electrons. The van der Waals surface area contributed by atoms with Crippen LogP contribution in [0.4, 0.5) is 4.79 Å². The molecule has 1 aromatic rings. The van der Waals surface area contributed by atoms with Crippen molar-refractivity contribution in [1.82, 2.24) is 10.9 Å². The molecule has 6 nitrogen and oxygen atoms in total. The monoisotopic (exact) mass is 296 g/mol. The Hall–Kier alpha value is -1.95. The fraction of sp³-hybridized carbons (Fsp3) is 0.533. The Morgan fingerprint density at radius 3 is 2.52 bits per heavy atom. The molecule has 1 aromatic carbocycles. The predicted octanol–water partition coefficient (Wildman–Crippen LogP) is 2.62. The van der Waals surface area contributed by atoms with Gasteiger partial charge >= 0.3 is 6.09 Å². The third-order valence-corrected chi connectivity index (χ3v) is 2.41. The van der Waals surface area contributed by atoms with E-state index in [1.165, 1.54) is 0 Å². The van der Waals surface area contributed by atoms with Crippen molar-refractivity contribution >= 4 is 6.09 Å². The van der Waals surface area contributed by atoms with Gasteiger partial charge in [0.2, 0.25) is 0 Å². The SMILES string of the molecule is CCOc1ccc(CNNC(=O)OC(C)(C)C)cc1OC. The molecule has 21 heavy (non-hydrogen) atoms. The third-order valence-electron chi connectivity index (χ3n) is 2.41. The Bertz CT molecular complexity index is 469. The van der Waals surface area contributed by atoms with Crippen LogP contribution < -0.4 is 20.3 Å². The molecule has 118 valence electrons. The number of nitrogens with one attached hydrogen (secondary N) is 2. The summed E-state index contributed by atoms with van der Waals surface area (Å²) < 4.78 is 15.8. The second kappa shape index (κ2) is 7.73. The lowest BCUT2D eigenvalue weighted by atomic mass is 10.2. The van der Waals surface area contributed by atoms with Crippen molar-refractivity contribution in [3.63, 3.8) is 0 Å². The van der Waals surface area contributed by atoms with Crippen LogP contribution in [0, 0.1) is 0 Å². The number of hydrogen-bond donors (Lipinski definition) is 2. The molecule has 0 atom stereocenters. The number of benzene rings is 1. The van der Waals surface area contributed by atoms with E-state index >= 15 is 0 Å². The fourth-order valence-corrected chi connectivity index (χ4v) is 1.62. The number of amides is 1. The average molecular weight is 296 g/mol. The zero-order chi connectivity index (χ0) is 15.9. The van der Waals surface area contributed by atoms with Crippen LogP contribution in [0.2, 0.25) is 0 Å². The van der Waals surface area contributed by atoms with Crippen LogP contribution in [0.25, 0.3) is 0 Å². The predicted molar refractivity (Wildman–Crippen MR) is 80.4 cm³/mol. The highest BCUT2D eigenvalue weighted by molar-refractivity contribution is 5.67. The summed E-state index contributed by atoms with van der Waals surface area (Å²) in [6.07, 6.45) is -0.514. The van der Waals surface area contributed by atoms with E-state index in [1.807, 2.05) is 45.9 Å². The highest BCUT2D eigenvalue weighted by atomic mass is 16.6. The van der Waals surface area contributed by atoms with Gasteiger partial charge < -0.3 is 14.2 Å². The highest BCUT2D eigenvalue weighted by Gasteiger charge is 2.15. The number of hydrazine groups is 1. The van der Waals surface area contributed by atoms with Crippen molar-refractivity contribution in [2.45, 2.75) is 39.8 Å². The van der Waals surface area contributed by atoms with Crippen LogP contribution in [0.5, 0.6) is 11.5 Å². The maximum absolute atomic E-state index is 11.5. The van der Waals surface area contributed by atoms with Crippen molar-refractivity contribution < 1.29 is 19.0 Å². The summed E-state index contributed by atoms with van der Waals surface area (Å²) >= 11 is 0. The van der Waals surface area contributed by atoms with E-state index in [4.69, 9.17) is 14.2 Å². The zero-order valence-electron chi connectivity index (χ0n) is 13.3. The molecule has 0 unspecified atom stereocenters. The van der Waals surface area contributed by atoms with E-state index in [0.717, 1.165) is 5.56 Å². The van der Waals surface area contributed by atoms with Gasteiger partial charge in [-0.3, -0.25) is 5.43 Å². The minimum absolute atomic E-state index is 0.446. The second-order valence-electron chi connectivity index (χ2n) is 5.40. The van der Waals surface area contributed by atoms with Gasteiger partial charge in [-0.15, -0.1) is 0 Å². The van der Waals surface area contributed by atoms with E-state index in [9.17, 15) is 4.79 Å². The summed E-state index contributed by atoms with van der Waals surface area (Å²) in [6.45, 7) is 8.37. The lowest BCUT2D eigenvalue weighted by Gasteiger charge is -2.20. The molecule has 0 fully saturated rings. The number of rotatable bonds is 6. The van der Waals surface area contributed by atoms with Crippen LogP contribution >= 0.6 is 0 Å². The average Bonchev–Trinajstić information content (AvgIpc) is 2.38. The Balaban J connectivity index is 2.50. The maximum atomic E-state index is 11.5. The van der Waals surface area contributed by atoms with E-state index in [-0.39, 0.29) is 0 Å². The van der Waals surface area contributed by atoms with E-state index in [1.54, 1.807) is 7.11 Å². The van der Waals surface area contributed by atoms with Gasteiger partial charge in [0, 0.05) is 6.54 Å². The van der Waals surface area contributed by atoms with Crippen molar-refractivity contribution in [3.8, 4) is 11.5 Å². The van der Waals surface area contributed by atoms with Crippen LogP contribution in [-0.2, 0) is 11.3 Å². The molecule has 0 aliphatic carbocycles. The Morgan fingerprint density at radius 1 is 1.24 bits per heavy atom. The molecular weight excluding hydrogens is 272 g/mol. The van der Waals surface area contributed by atoms with Gasteiger partial charge in [0.1, 0.15) is 5.60 Å². The van der Waals surface area contributed by atoms with Gasteiger partial charge in [-0.1, -0.05) is 6.07 Å². The van der Waals surface area contributed by atoms with E-state index < -0.39 is 11.7 Å². The Morgan fingerprint density at radius 2 is 1.95 bits per heavy atom. The maximum Gasteiger partial charge on any atom is 0.422 e. The molecule has 0 aromatic heterocycles. The largest absolute Gasteiger partial charge is 0.493 e. The minimum Gasteiger partial charge on any atom is -0.493 e. The molecule has 1 amide bonds. The Labute approximate surface area is 125 Å².